The first-order chi connectivity index (χ1) is 9.11. The minimum absolute atomic E-state index is 0.0813. The molecule has 0 atom stereocenters. The highest BCUT2D eigenvalue weighted by Gasteiger charge is 2.06. The molecule has 0 aliphatic heterocycles. The van der Waals surface area contributed by atoms with Gasteiger partial charge in [-0.15, -0.1) is 0 Å². The lowest BCUT2D eigenvalue weighted by atomic mass is 10.2. The van der Waals surface area contributed by atoms with Crippen LogP contribution in [0.2, 0.25) is 10.0 Å². The second-order valence-electron chi connectivity index (χ2n) is 3.94. The maximum absolute atomic E-state index is 9.68. The van der Waals surface area contributed by atoms with E-state index in [1.54, 1.807) is 30.3 Å². The second-order valence-corrected chi connectivity index (χ2v) is 4.75. The van der Waals surface area contributed by atoms with E-state index < -0.39 is 0 Å². The number of halogens is 2. The molecule has 0 saturated carbocycles. The van der Waals surface area contributed by atoms with Crippen molar-refractivity contribution in [3.63, 3.8) is 0 Å². The van der Waals surface area contributed by atoms with Crippen molar-refractivity contribution in [3.8, 4) is 11.5 Å². The predicted molar refractivity (Wildman–Crippen MR) is 78.4 cm³/mol. The van der Waals surface area contributed by atoms with Crippen molar-refractivity contribution in [2.45, 2.75) is 6.54 Å². The van der Waals surface area contributed by atoms with Gasteiger partial charge in [-0.1, -0.05) is 29.3 Å². The van der Waals surface area contributed by atoms with E-state index >= 15 is 0 Å². The lowest BCUT2D eigenvalue weighted by Gasteiger charge is -2.11. The Morgan fingerprint density at radius 2 is 1.84 bits per heavy atom. The molecule has 3 nitrogen and oxygen atoms in total. The molecular formula is C14H13Cl2NO2. The average Bonchev–Trinajstić information content (AvgIpc) is 2.38. The molecule has 0 spiro atoms. The van der Waals surface area contributed by atoms with Crippen molar-refractivity contribution in [1.82, 2.24) is 0 Å². The molecule has 0 aliphatic carbocycles. The Morgan fingerprint density at radius 3 is 2.42 bits per heavy atom. The normalized spacial score (nSPS) is 10.3. The highest BCUT2D eigenvalue weighted by molar-refractivity contribution is 6.36. The van der Waals surface area contributed by atoms with Crippen LogP contribution in [0.4, 0.5) is 5.69 Å². The topological polar surface area (TPSA) is 41.5 Å². The number of aromatic hydroxyl groups is 1. The highest BCUT2D eigenvalue weighted by Crippen LogP contribution is 2.30. The number of nitrogens with one attached hydrogen (secondary N) is 1. The van der Waals surface area contributed by atoms with Crippen molar-refractivity contribution >= 4 is 28.9 Å². The minimum atomic E-state index is 0.0813. The fourth-order valence-electron chi connectivity index (χ4n) is 1.69. The Labute approximate surface area is 121 Å². The summed E-state index contributed by atoms with van der Waals surface area (Å²) in [5.41, 5.74) is 1.58. The van der Waals surface area contributed by atoms with E-state index in [0.717, 1.165) is 11.3 Å². The number of methoxy groups -OCH3 is 1. The van der Waals surface area contributed by atoms with Gasteiger partial charge >= 0.3 is 0 Å². The van der Waals surface area contributed by atoms with Gasteiger partial charge in [0.25, 0.3) is 0 Å². The number of phenolic OH excluding ortho intramolecular Hbond substituents is 1. The summed E-state index contributed by atoms with van der Waals surface area (Å²) in [6.07, 6.45) is 0. The van der Waals surface area contributed by atoms with Gasteiger partial charge in [0.2, 0.25) is 0 Å². The maximum Gasteiger partial charge on any atom is 0.160 e. The quantitative estimate of drug-likeness (QED) is 0.883. The van der Waals surface area contributed by atoms with Gasteiger partial charge in [0, 0.05) is 33.9 Å². The van der Waals surface area contributed by atoms with Crippen LogP contribution in [0.15, 0.2) is 36.4 Å². The zero-order valence-electron chi connectivity index (χ0n) is 10.3. The second kappa shape index (κ2) is 6.04. The van der Waals surface area contributed by atoms with Gasteiger partial charge in [-0.05, 0) is 24.3 Å². The molecule has 0 bridgehead atoms. The predicted octanol–water partition coefficient (Wildman–Crippen LogP) is 4.32. The van der Waals surface area contributed by atoms with Gasteiger partial charge in [-0.25, -0.2) is 0 Å². The number of benzene rings is 2. The van der Waals surface area contributed by atoms with Crippen LogP contribution < -0.4 is 10.1 Å². The van der Waals surface area contributed by atoms with E-state index in [4.69, 9.17) is 27.9 Å². The molecule has 0 aliphatic rings. The summed E-state index contributed by atoms with van der Waals surface area (Å²) in [6, 6.07) is 10.5. The number of rotatable bonds is 4. The smallest absolute Gasteiger partial charge is 0.160 e. The molecule has 0 unspecified atom stereocenters. The SMILES string of the molecule is COc1ccc(NCc2c(Cl)cccc2Cl)cc1O. The Morgan fingerprint density at radius 1 is 1.16 bits per heavy atom. The molecule has 0 heterocycles. The summed E-state index contributed by atoms with van der Waals surface area (Å²) in [5, 5.41) is 14.0. The van der Waals surface area contributed by atoms with E-state index in [2.05, 4.69) is 5.32 Å². The third kappa shape index (κ3) is 3.25. The first-order valence-electron chi connectivity index (χ1n) is 5.65. The molecule has 0 amide bonds. The maximum atomic E-state index is 9.68. The molecule has 100 valence electrons. The largest absolute Gasteiger partial charge is 0.504 e. The third-order valence-corrected chi connectivity index (χ3v) is 3.42. The number of hydrogen-bond acceptors (Lipinski definition) is 3. The number of hydrogen-bond donors (Lipinski definition) is 2. The van der Waals surface area contributed by atoms with Gasteiger partial charge in [-0.3, -0.25) is 0 Å². The van der Waals surface area contributed by atoms with Crippen LogP contribution in [0.3, 0.4) is 0 Å². The van der Waals surface area contributed by atoms with Gasteiger partial charge in [0.1, 0.15) is 0 Å². The Kier molecular flexibility index (Phi) is 4.40. The van der Waals surface area contributed by atoms with E-state index in [0.29, 0.717) is 22.3 Å². The monoisotopic (exact) mass is 297 g/mol. The van der Waals surface area contributed by atoms with Gasteiger partial charge in [-0.2, -0.15) is 0 Å². The summed E-state index contributed by atoms with van der Waals surface area (Å²) in [5.74, 6) is 0.513. The Bertz CT molecular complexity index is 567. The van der Waals surface area contributed by atoms with Crippen LogP contribution in [0, 0.1) is 0 Å². The lowest BCUT2D eigenvalue weighted by Crippen LogP contribution is -2.01. The van der Waals surface area contributed by atoms with E-state index in [-0.39, 0.29) is 5.75 Å². The zero-order chi connectivity index (χ0) is 13.8. The molecule has 2 N–H and O–H groups in total. The Balaban J connectivity index is 2.13. The van der Waals surface area contributed by atoms with Crippen molar-refractivity contribution < 1.29 is 9.84 Å². The fourth-order valence-corrected chi connectivity index (χ4v) is 2.22. The number of ether oxygens (including phenoxy) is 1. The Hall–Kier alpha value is -1.58. The van der Waals surface area contributed by atoms with E-state index in [1.165, 1.54) is 7.11 Å². The van der Waals surface area contributed by atoms with E-state index in [1.807, 2.05) is 6.07 Å². The summed E-state index contributed by atoms with van der Waals surface area (Å²) >= 11 is 12.2. The first kappa shape index (κ1) is 13.8. The summed E-state index contributed by atoms with van der Waals surface area (Å²) < 4.78 is 4.98. The minimum Gasteiger partial charge on any atom is -0.504 e. The molecule has 0 fully saturated rings. The van der Waals surface area contributed by atoms with Gasteiger partial charge < -0.3 is 15.2 Å². The van der Waals surface area contributed by atoms with Crippen molar-refractivity contribution in [3.05, 3.63) is 52.0 Å². The van der Waals surface area contributed by atoms with Crippen molar-refractivity contribution in [2.24, 2.45) is 0 Å². The summed E-state index contributed by atoms with van der Waals surface area (Å²) in [6.45, 7) is 0.476. The van der Waals surface area contributed by atoms with Gasteiger partial charge in [0.15, 0.2) is 11.5 Å². The van der Waals surface area contributed by atoms with Crippen LogP contribution in [0.1, 0.15) is 5.56 Å². The zero-order valence-corrected chi connectivity index (χ0v) is 11.8. The van der Waals surface area contributed by atoms with Crippen LogP contribution >= 0.6 is 23.2 Å². The van der Waals surface area contributed by atoms with Crippen molar-refractivity contribution in [2.75, 3.05) is 12.4 Å². The molecule has 0 aromatic heterocycles. The standard InChI is InChI=1S/C14H13Cl2NO2/c1-19-14-6-5-9(7-13(14)18)17-8-10-11(15)3-2-4-12(10)16/h2-7,17-18H,8H2,1H3. The van der Waals surface area contributed by atoms with Gasteiger partial charge in [0.05, 0.1) is 7.11 Å². The molecule has 2 aromatic carbocycles. The summed E-state index contributed by atoms with van der Waals surface area (Å²) in [4.78, 5) is 0. The summed E-state index contributed by atoms with van der Waals surface area (Å²) in [7, 11) is 1.51. The molecular weight excluding hydrogens is 285 g/mol. The van der Waals surface area contributed by atoms with Crippen molar-refractivity contribution in [1.29, 1.82) is 0 Å². The lowest BCUT2D eigenvalue weighted by molar-refractivity contribution is 0.373. The average molecular weight is 298 g/mol. The number of anilines is 1. The van der Waals surface area contributed by atoms with Crippen LogP contribution in [0.5, 0.6) is 11.5 Å². The first-order valence-corrected chi connectivity index (χ1v) is 6.41. The van der Waals surface area contributed by atoms with Crippen LogP contribution in [-0.4, -0.2) is 12.2 Å². The van der Waals surface area contributed by atoms with E-state index in [9.17, 15) is 5.11 Å². The molecule has 2 rings (SSSR count). The third-order valence-electron chi connectivity index (χ3n) is 2.71. The molecule has 0 radical (unpaired) electrons. The molecule has 2 aromatic rings. The van der Waals surface area contributed by atoms with Crippen LogP contribution in [0.25, 0.3) is 0 Å². The fraction of sp³-hybridized carbons (Fsp3) is 0.143. The molecule has 5 heteroatoms. The van der Waals surface area contributed by atoms with Crippen LogP contribution in [-0.2, 0) is 6.54 Å². The molecule has 0 saturated heterocycles. The number of phenols is 1. The highest BCUT2D eigenvalue weighted by atomic mass is 35.5. The molecule has 19 heavy (non-hydrogen) atoms.